The molecule has 38 heavy (non-hydrogen) atoms. The predicted octanol–water partition coefficient (Wildman–Crippen LogP) is 7.10. The smallest absolute Gasteiger partial charge is 0.251 e. The van der Waals surface area contributed by atoms with Crippen molar-refractivity contribution in [1.82, 2.24) is 0 Å². The molecule has 0 bridgehead atoms. The number of carbonyl (C=O) groups excluding carboxylic acids is 2. The molecule has 0 aliphatic carbocycles. The van der Waals surface area contributed by atoms with Gasteiger partial charge >= 0.3 is 0 Å². The van der Waals surface area contributed by atoms with Crippen LogP contribution in [-0.4, -0.2) is 24.9 Å². The van der Waals surface area contributed by atoms with E-state index in [4.69, 9.17) is 0 Å². The molecule has 0 saturated heterocycles. The molecule has 0 aromatic heterocycles. The largest absolute Gasteiger partial charge is 0.307 e. The molecular formula is C34H32N2O2. The lowest BCUT2D eigenvalue weighted by Gasteiger charge is -2.27. The Morgan fingerprint density at radius 3 is 1.21 bits per heavy atom. The van der Waals surface area contributed by atoms with E-state index in [1.165, 1.54) is 11.1 Å². The van der Waals surface area contributed by atoms with Gasteiger partial charge in [0.15, 0.2) is 0 Å². The second-order valence-electron chi connectivity index (χ2n) is 9.14. The number of hydrogen-bond donors (Lipinski definition) is 0. The van der Waals surface area contributed by atoms with Crippen molar-refractivity contribution in [2.24, 2.45) is 0 Å². The number of benzene rings is 4. The Bertz CT molecular complexity index is 1280. The van der Waals surface area contributed by atoms with E-state index < -0.39 is 0 Å². The number of anilines is 2. The summed E-state index contributed by atoms with van der Waals surface area (Å²) in [5, 5.41) is 0. The Morgan fingerprint density at radius 1 is 0.526 bits per heavy atom. The molecule has 4 aromatic rings. The lowest BCUT2D eigenvalue weighted by Crippen LogP contribution is -2.40. The van der Waals surface area contributed by atoms with E-state index >= 15 is 0 Å². The van der Waals surface area contributed by atoms with Crippen molar-refractivity contribution in [2.75, 3.05) is 22.9 Å². The van der Waals surface area contributed by atoms with Gasteiger partial charge in [0.05, 0.1) is 0 Å². The third-order valence-electron chi connectivity index (χ3n) is 6.21. The highest BCUT2D eigenvalue weighted by Crippen LogP contribution is 2.18. The van der Waals surface area contributed by atoms with Gasteiger partial charge in [0.2, 0.25) is 0 Å². The van der Waals surface area contributed by atoms with E-state index in [1.807, 2.05) is 135 Å². The maximum Gasteiger partial charge on any atom is 0.251 e. The lowest BCUT2D eigenvalue weighted by atomic mass is 10.1. The molecular weight excluding hydrogens is 468 g/mol. The van der Waals surface area contributed by atoms with E-state index in [9.17, 15) is 9.59 Å². The summed E-state index contributed by atoms with van der Waals surface area (Å²) in [6.07, 6.45) is 6.82. The van der Waals surface area contributed by atoms with Crippen molar-refractivity contribution in [3.05, 3.63) is 144 Å². The molecule has 0 N–H and O–H groups in total. The van der Waals surface area contributed by atoms with Crippen LogP contribution in [0, 0.1) is 13.8 Å². The average Bonchev–Trinajstić information content (AvgIpc) is 2.95. The van der Waals surface area contributed by atoms with Crippen molar-refractivity contribution < 1.29 is 9.59 Å². The number of amides is 2. The van der Waals surface area contributed by atoms with E-state index in [0.29, 0.717) is 13.1 Å². The molecule has 0 spiro atoms. The second kappa shape index (κ2) is 13.0. The summed E-state index contributed by atoms with van der Waals surface area (Å²) >= 11 is 0. The zero-order valence-electron chi connectivity index (χ0n) is 21.8. The van der Waals surface area contributed by atoms with Gasteiger partial charge in [0, 0.05) is 36.6 Å². The molecule has 0 unspecified atom stereocenters. The fourth-order valence-electron chi connectivity index (χ4n) is 4.02. The lowest BCUT2D eigenvalue weighted by molar-refractivity contribution is -0.115. The van der Waals surface area contributed by atoms with Crippen LogP contribution in [0.2, 0.25) is 0 Å². The molecule has 0 radical (unpaired) electrons. The monoisotopic (exact) mass is 500 g/mol. The van der Waals surface area contributed by atoms with Gasteiger partial charge in [-0.25, -0.2) is 0 Å². The third-order valence-corrected chi connectivity index (χ3v) is 6.21. The first-order valence-corrected chi connectivity index (χ1v) is 12.7. The number of aryl methyl sites for hydroxylation is 2. The molecule has 0 aliphatic heterocycles. The second-order valence-corrected chi connectivity index (χ2v) is 9.14. The van der Waals surface area contributed by atoms with Crippen LogP contribution in [0.15, 0.2) is 121 Å². The molecule has 0 heterocycles. The van der Waals surface area contributed by atoms with Gasteiger partial charge in [-0.2, -0.15) is 0 Å². The SMILES string of the molecule is Cc1ccc(C=CC(=O)N(CCN(C(=O)C=Cc2ccc(C)cc2)c2ccccc2)c2ccccc2)cc1. The summed E-state index contributed by atoms with van der Waals surface area (Å²) in [7, 11) is 0. The summed E-state index contributed by atoms with van der Waals surface area (Å²) in [5.74, 6) is -0.292. The highest BCUT2D eigenvalue weighted by atomic mass is 16.2. The van der Waals surface area contributed by atoms with Crippen LogP contribution in [0.25, 0.3) is 12.2 Å². The van der Waals surface area contributed by atoms with E-state index in [0.717, 1.165) is 22.5 Å². The normalized spacial score (nSPS) is 11.1. The van der Waals surface area contributed by atoms with Crippen molar-refractivity contribution in [1.29, 1.82) is 0 Å². The van der Waals surface area contributed by atoms with Crippen LogP contribution in [-0.2, 0) is 9.59 Å². The van der Waals surface area contributed by atoms with Gasteiger partial charge in [-0.05, 0) is 61.4 Å². The minimum absolute atomic E-state index is 0.146. The molecule has 190 valence electrons. The Kier molecular flexibility index (Phi) is 9.03. The van der Waals surface area contributed by atoms with E-state index in [1.54, 1.807) is 22.0 Å². The fraction of sp³-hybridized carbons (Fsp3) is 0.118. The first kappa shape index (κ1) is 26.4. The summed E-state index contributed by atoms with van der Waals surface area (Å²) in [4.78, 5) is 30.1. The molecule has 4 aromatic carbocycles. The van der Waals surface area contributed by atoms with Crippen LogP contribution in [0.1, 0.15) is 22.3 Å². The Hall–Kier alpha value is -4.70. The highest BCUT2D eigenvalue weighted by Gasteiger charge is 2.18. The van der Waals surface area contributed by atoms with Crippen LogP contribution < -0.4 is 9.80 Å². The van der Waals surface area contributed by atoms with Crippen molar-refractivity contribution >= 4 is 35.3 Å². The van der Waals surface area contributed by atoms with Crippen molar-refractivity contribution in [3.8, 4) is 0 Å². The van der Waals surface area contributed by atoms with Crippen LogP contribution in [0.4, 0.5) is 11.4 Å². The summed E-state index contributed by atoms with van der Waals surface area (Å²) in [6, 6.07) is 35.1. The molecule has 2 amide bonds. The van der Waals surface area contributed by atoms with E-state index in [-0.39, 0.29) is 11.8 Å². The molecule has 4 nitrogen and oxygen atoms in total. The topological polar surface area (TPSA) is 40.6 Å². The third kappa shape index (κ3) is 7.40. The van der Waals surface area contributed by atoms with Crippen LogP contribution in [0.5, 0.6) is 0 Å². The van der Waals surface area contributed by atoms with Crippen LogP contribution in [0.3, 0.4) is 0 Å². The number of rotatable bonds is 9. The first-order chi connectivity index (χ1) is 18.5. The fourth-order valence-corrected chi connectivity index (χ4v) is 4.02. The number of carbonyl (C=O) groups is 2. The summed E-state index contributed by atoms with van der Waals surface area (Å²) in [5.41, 5.74) is 5.81. The summed E-state index contributed by atoms with van der Waals surface area (Å²) < 4.78 is 0. The Morgan fingerprint density at radius 2 is 0.868 bits per heavy atom. The zero-order valence-corrected chi connectivity index (χ0v) is 21.8. The molecule has 0 atom stereocenters. The van der Waals surface area contributed by atoms with Gasteiger partial charge < -0.3 is 9.80 Å². The quantitative estimate of drug-likeness (QED) is 0.230. The molecule has 4 rings (SSSR count). The molecule has 4 heteroatoms. The Balaban J connectivity index is 1.55. The van der Waals surface area contributed by atoms with Gasteiger partial charge in [-0.15, -0.1) is 0 Å². The number of para-hydroxylation sites is 2. The molecule has 0 fully saturated rings. The molecule has 0 aliphatic rings. The van der Waals surface area contributed by atoms with Gasteiger partial charge in [0.25, 0.3) is 11.8 Å². The number of hydrogen-bond acceptors (Lipinski definition) is 2. The van der Waals surface area contributed by atoms with Gasteiger partial charge in [0.1, 0.15) is 0 Å². The standard InChI is InChI=1S/C34H32N2O2/c1-27-13-17-29(18-14-27)21-23-33(37)35(31-9-5-3-6-10-31)25-26-36(32-11-7-4-8-12-32)34(38)24-22-30-19-15-28(2)16-20-30/h3-24H,25-26H2,1-2H3. The minimum atomic E-state index is -0.146. The van der Waals surface area contributed by atoms with Gasteiger partial charge in [-0.1, -0.05) is 96.1 Å². The maximum absolute atomic E-state index is 13.4. The zero-order chi connectivity index (χ0) is 26.7. The Labute approximate surface area is 225 Å². The predicted molar refractivity (Wildman–Crippen MR) is 158 cm³/mol. The number of nitrogens with zero attached hydrogens (tertiary/aromatic N) is 2. The minimum Gasteiger partial charge on any atom is -0.307 e. The van der Waals surface area contributed by atoms with Gasteiger partial charge in [-0.3, -0.25) is 9.59 Å². The highest BCUT2D eigenvalue weighted by molar-refractivity contribution is 6.05. The summed E-state index contributed by atoms with van der Waals surface area (Å²) in [6.45, 7) is 4.73. The average molecular weight is 501 g/mol. The van der Waals surface area contributed by atoms with Crippen molar-refractivity contribution in [3.63, 3.8) is 0 Å². The molecule has 0 saturated carbocycles. The van der Waals surface area contributed by atoms with Crippen molar-refractivity contribution in [2.45, 2.75) is 13.8 Å². The van der Waals surface area contributed by atoms with Crippen LogP contribution >= 0.6 is 0 Å². The van der Waals surface area contributed by atoms with E-state index in [2.05, 4.69) is 0 Å². The first-order valence-electron chi connectivity index (χ1n) is 12.7. The maximum atomic E-state index is 13.4.